The van der Waals surface area contributed by atoms with E-state index in [-0.39, 0.29) is 19.5 Å². The summed E-state index contributed by atoms with van der Waals surface area (Å²) in [5.41, 5.74) is -12.4. The molecule has 0 N–H and O–H groups in total. The number of allylic oxidation sites excluding steroid dienone is 8. The van der Waals surface area contributed by atoms with Crippen molar-refractivity contribution in [1.82, 2.24) is 0 Å². The van der Waals surface area contributed by atoms with Gasteiger partial charge in [0.2, 0.25) is 0 Å². The van der Waals surface area contributed by atoms with Crippen molar-refractivity contribution in [3.8, 4) is 0 Å². The summed E-state index contributed by atoms with van der Waals surface area (Å²) in [7, 11) is -13.4. The summed E-state index contributed by atoms with van der Waals surface area (Å²) in [4.78, 5) is 0. The van der Waals surface area contributed by atoms with Crippen LogP contribution < -0.4 is 0 Å². The van der Waals surface area contributed by atoms with Crippen LogP contribution in [0.5, 0.6) is 0 Å². The Morgan fingerprint density at radius 2 is 0.625 bits per heavy atom. The van der Waals surface area contributed by atoms with Crippen molar-refractivity contribution in [2.24, 2.45) is 0 Å². The van der Waals surface area contributed by atoms with Crippen LogP contribution in [0.3, 0.4) is 0 Å². The van der Waals surface area contributed by atoms with Crippen molar-refractivity contribution in [2.75, 3.05) is 0 Å². The fourth-order valence-electron chi connectivity index (χ4n) is 1.93. The van der Waals surface area contributed by atoms with Crippen LogP contribution in [0.1, 0.15) is 51.4 Å². The predicted octanol–water partition coefficient (Wildman–Crippen LogP) is 6.40. The van der Waals surface area contributed by atoms with Gasteiger partial charge in [0, 0.05) is 19.5 Å². The van der Waals surface area contributed by atoms with Crippen molar-refractivity contribution in [3.63, 3.8) is 0 Å². The van der Waals surface area contributed by atoms with Crippen LogP contribution in [-0.2, 0) is 39.5 Å². The molecule has 2 rings (SSSR count). The van der Waals surface area contributed by atoms with Crippen LogP contribution in [0.2, 0.25) is 0 Å². The van der Waals surface area contributed by atoms with Crippen molar-refractivity contribution < 1.29 is 62.7 Å². The molecular formula is C18H24F6NO4RhS2-. The number of sulfonamides is 2. The van der Waals surface area contributed by atoms with Crippen molar-refractivity contribution in [2.45, 2.75) is 62.4 Å². The van der Waals surface area contributed by atoms with E-state index in [1.165, 1.54) is 51.4 Å². The Hall–Kier alpha value is -0.977. The van der Waals surface area contributed by atoms with Gasteiger partial charge in [-0.05, 0) is 51.4 Å². The van der Waals surface area contributed by atoms with Crippen LogP contribution >= 0.6 is 0 Å². The summed E-state index contributed by atoms with van der Waals surface area (Å²) < 4.78 is 109. The summed E-state index contributed by atoms with van der Waals surface area (Å²) in [6, 6.07) is 0. The van der Waals surface area contributed by atoms with Gasteiger partial charge in [-0.25, -0.2) is 16.8 Å². The molecule has 5 nitrogen and oxygen atoms in total. The zero-order chi connectivity index (χ0) is 24.0. The van der Waals surface area contributed by atoms with Crippen LogP contribution in [0.25, 0.3) is 4.13 Å². The molecule has 0 atom stereocenters. The molecule has 0 aliphatic heterocycles. The standard InChI is InChI=1S/2C8H12.C2F6NO4S2.Rh/c2*1-2-4-6-8-7-5-3-1;3-1(4,5)14(10,11)9-15(12,13)2(6,7)8;/h2*1-2,7-8H,3-6H2;;/q;;-1;. The first-order chi connectivity index (χ1) is 14.2. The number of rotatable bonds is 2. The van der Waals surface area contributed by atoms with Crippen LogP contribution in [0, 0.1) is 0 Å². The first kappa shape index (κ1) is 33.2. The average molecular weight is 599 g/mol. The van der Waals surface area contributed by atoms with Gasteiger partial charge in [0.1, 0.15) is 0 Å². The van der Waals surface area contributed by atoms with Gasteiger partial charge in [-0.3, -0.25) is 0 Å². The summed E-state index contributed by atoms with van der Waals surface area (Å²) in [6.45, 7) is 0. The van der Waals surface area contributed by atoms with E-state index in [4.69, 9.17) is 0 Å². The first-order valence-electron chi connectivity index (χ1n) is 9.17. The minimum atomic E-state index is -6.72. The summed E-state index contributed by atoms with van der Waals surface area (Å²) in [5.74, 6) is 0. The molecule has 0 unspecified atom stereocenters. The summed E-state index contributed by atoms with van der Waals surface area (Å²) in [6.07, 6.45) is 28.0. The third-order valence-corrected chi connectivity index (χ3v) is 6.19. The molecule has 0 heterocycles. The number of hydrogen-bond donors (Lipinski definition) is 0. The Bertz CT molecular complexity index is 724. The van der Waals surface area contributed by atoms with E-state index >= 15 is 0 Å². The maximum absolute atomic E-state index is 11.4. The molecule has 0 saturated carbocycles. The van der Waals surface area contributed by atoms with Crippen molar-refractivity contribution in [1.29, 1.82) is 0 Å². The van der Waals surface area contributed by atoms with Crippen LogP contribution in [0.4, 0.5) is 26.3 Å². The molecule has 1 radical (unpaired) electrons. The van der Waals surface area contributed by atoms with E-state index < -0.39 is 31.1 Å². The predicted molar refractivity (Wildman–Crippen MR) is 107 cm³/mol. The fourth-order valence-corrected chi connectivity index (χ4v) is 3.64. The van der Waals surface area contributed by atoms with E-state index in [0.717, 1.165) is 4.13 Å². The van der Waals surface area contributed by atoms with E-state index in [9.17, 15) is 43.2 Å². The van der Waals surface area contributed by atoms with Gasteiger partial charge in [0.15, 0.2) is 20.0 Å². The van der Waals surface area contributed by atoms with Crippen molar-refractivity contribution in [3.05, 3.63) is 52.7 Å². The van der Waals surface area contributed by atoms with E-state index in [1.54, 1.807) is 0 Å². The summed E-state index contributed by atoms with van der Waals surface area (Å²) in [5, 5.41) is 0. The number of hydrogen-bond acceptors (Lipinski definition) is 4. The Labute approximate surface area is 197 Å². The molecule has 32 heavy (non-hydrogen) atoms. The third-order valence-electron chi connectivity index (χ3n) is 3.45. The Morgan fingerprint density at radius 3 is 0.750 bits per heavy atom. The molecule has 0 saturated heterocycles. The largest absolute Gasteiger partial charge is 0.480 e. The van der Waals surface area contributed by atoms with Gasteiger partial charge in [-0.1, -0.05) is 48.6 Å². The number of halogens is 6. The molecule has 0 aromatic heterocycles. The molecule has 0 spiro atoms. The van der Waals surface area contributed by atoms with Crippen molar-refractivity contribution >= 4 is 20.0 Å². The van der Waals surface area contributed by atoms with E-state index in [0.29, 0.717) is 0 Å². The minimum absolute atomic E-state index is 0. The maximum atomic E-state index is 11.4. The SMILES string of the molecule is C1=CCCC=CCC1.C1=CCCC=CCC1.O=S(=O)([N-]S(=O)(=O)C(F)(F)F)C(F)(F)F.[Rh]. The molecule has 2 aliphatic rings. The second-order valence-corrected chi connectivity index (χ2v) is 9.53. The fraction of sp³-hybridized carbons (Fsp3) is 0.556. The topological polar surface area (TPSA) is 82.4 Å². The monoisotopic (exact) mass is 599 g/mol. The second kappa shape index (κ2) is 15.8. The Balaban J connectivity index is 0. The molecular weight excluding hydrogens is 575 g/mol. The van der Waals surface area contributed by atoms with Gasteiger partial charge < -0.3 is 4.13 Å². The second-order valence-electron chi connectivity index (χ2n) is 6.11. The number of nitrogens with zero attached hydrogens (tertiary/aromatic N) is 1. The molecule has 0 aromatic carbocycles. The average Bonchev–Trinajstić information content (AvgIpc) is 2.51. The zero-order valence-corrected chi connectivity index (χ0v) is 20.0. The van der Waals surface area contributed by atoms with Gasteiger partial charge in [-0.15, -0.1) is 0 Å². The number of alkyl halides is 6. The normalized spacial score (nSPS) is 17.2. The molecule has 0 amide bonds. The Kier molecular flexibility index (Phi) is 16.4. The smallest absolute Gasteiger partial charge is 0.421 e. The van der Waals surface area contributed by atoms with Crippen LogP contribution in [0.15, 0.2) is 48.6 Å². The Morgan fingerprint density at radius 1 is 0.469 bits per heavy atom. The summed E-state index contributed by atoms with van der Waals surface area (Å²) >= 11 is 0. The molecule has 2 aliphatic carbocycles. The van der Waals surface area contributed by atoms with E-state index in [1.807, 2.05) is 0 Å². The van der Waals surface area contributed by atoms with Gasteiger partial charge >= 0.3 is 11.0 Å². The molecule has 0 fully saturated rings. The van der Waals surface area contributed by atoms with Gasteiger partial charge in [-0.2, -0.15) is 26.3 Å². The van der Waals surface area contributed by atoms with Crippen LogP contribution in [-0.4, -0.2) is 27.9 Å². The maximum Gasteiger partial charge on any atom is 0.480 e. The van der Waals surface area contributed by atoms with Gasteiger partial charge in [0.05, 0.1) is 0 Å². The zero-order valence-electron chi connectivity index (χ0n) is 16.8. The van der Waals surface area contributed by atoms with E-state index in [2.05, 4.69) is 48.6 Å². The molecule has 0 bridgehead atoms. The van der Waals surface area contributed by atoms with Gasteiger partial charge in [0.25, 0.3) is 0 Å². The third kappa shape index (κ3) is 15.0. The molecule has 0 aromatic rings. The first-order valence-corrected chi connectivity index (χ1v) is 12.1. The quantitative estimate of drug-likeness (QED) is 0.209. The molecule has 189 valence electrons. The minimum Gasteiger partial charge on any atom is -0.421 e. The molecule has 14 heteroatoms.